The number of hydrogen-bond donors (Lipinski definition) is 0. The second-order valence-electron chi connectivity index (χ2n) is 8.50. The average Bonchev–Trinajstić information content (AvgIpc) is 3.20. The molecule has 0 saturated heterocycles. The summed E-state index contributed by atoms with van der Waals surface area (Å²) in [6.45, 7) is 8.09. The highest BCUT2D eigenvalue weighted by molar-refractivity contribution is 6.10. The molecule has 0 amide bonds. The van der Waals surface area contributed by atoms with Crippen molar-refractivity contribution in [3.05, 3.63) is 106 Å². The fraction of sp³-hybridized carbons (Fsp3) is 0.250. The Balaban J connectivity index is 1.55. The van der Waals surface area contributed by atoms with Crippen LogP contribution in [0.5, 0.6) is 0 Å². The van der Waals surface area contributed by atoms with Gasteiger partial charge in [0.25, 0.3) is 5.69 Å². The highest BCUT2D eigenvalue weighted by Crippen LogP contribution is 2.34. The van der Waals surface area contributed by atoms with Gasteiger partial charge in [0.05, 0.1) is 10.5 Å². The van der Waals surface area contributed by atoms with Crippen LogP contribution in [0, 0.1) is 23.0 Å². The Morgan fingerprint density at radius 2 is 2.00 bits per heavy atom. The first-order valence-corrected chi connectivity index (χ1v) is 11.4. The number of carbonyl (C=O) groups excluding carboxylic acids is 1. The number of hydrogen-bond acceptors (Lipinski definition) is 5. The maximum atomic E-state index is 13.6. The second kappa shape index (κ2) is 9.91. The smallest absolute Gasteiger partial charge is 0.270 e. The zero-order valence-corrected chi connectivity index (χ0v) is 19.4. The topological polar surface area (TPSA) is 82.6 Å². The molecule has 3 aromatic rings. The van der Waals surface area contributed by atoms with Crippen molar-refractivity contribution in [2.45, 2.75) is 39.5 Å². The number of rotatable bonds is 9. The lowest BCUT2D eigenvalue weighted by molar-refractivity contribution is -0.384. The number of benzene rings is 2. The first kappa shape index (κ1) is 23.2. The highest BCUT2D eigenvalue weighted by Gasteiger charge is 2.28. The number of Topliss-reactive ketones (excluding diaryl/α,β-unsaturated/α-hetero) is 1. The summed E-state index contributed by atoms with van der Waals surface area (Å²) >= 11 is 0. The van der Waals surface area contributed by atoms with Crippen molar-refractivity contribution in [3.8, 4) is 0 Å². The van der Waals surface area contributed by atoms with Crippen LogP contribution in [0.2, 0.25) is 0 Å². The molecule has 174 valence electrons. The highest BCUT2D eigenvalue weighted by atomic mass is 16.6. The van der Waals surface area contributed by atoms with Crippen molar-refractivity contribution >= 4 is 28.2 Å². The van der Waals surface area contributed by atoms with Crippen molar-refractivity contribution in [3.63, 3.8) is 0 Å². The van der Waals surface area contributed by atoms with Crippen LogP contribution in [0.1, 0.15) is 53.4 Å². The number of nitrogens with zero attached hydrogens (tertiary/aromatic N) is 1. The minimum Gasteiger partial charge on any atom is -0.460 e. The zero-order valence-electron chi connectivity index (χ0n) is 19.4. The van der Waals surface area contributed by atoms with Crippen LogP contribution >= 0.6 is 0 Å². The van der Waals surface area contributed by atoms with E-state index in [-0.39, 0.29) is 11.5 Å². The Kier molecular flexibility index (Phi) is 6.77. The maximum absolute atomic E-state index is 13.6. The van der Waals surface area contributed by atoms with Crippen LogP contribution in [0.3, 0.4) is 0 Å². The van der Waals surface area contributed by atoms with Crippen LogP contribution in [-0.4, -0.2) is 10.7 Å². The molecule has 4 rings (SSSR count). The Hall–Kier alpha value is -3.93. The van der Waals surface area contributed by atoms with E-state index in [4.69, 9.17) is 9.15 Å². The number of ketones is 1. The third-order valence-electron chi connectivity index (χ3n) is 5.98. The molecule has 1 aliphatic carbocycles. The molecule has 0 radical (unpaired) electrons. The Labute approximate surface area is 198 Å². The van der Waals surface area contributed by atoms with E-state index in [2.05, 4.69) is 13.5 Å². The van der Waals surface area contributed by atoms with E-state index in [1.165, 1.54) is 12.1 Å². The predicted molar refractivity (Wildman–Crippen MR) is 132 cm³/mol. The molecular weight excluding hydrogens is 430 g/mol. The Bertz CT molecular complexity index is 1310. The average molecular weight is 458 g/mol. The fourth-order valence-corrected chi connectivity index (χ4v) is 4.03. The maximum Gasteiger partial charge on any atom is 0.270 e. The summed E-state index contributed by atoms with van der Waals surface area (Å²) in [5, 5.41) is 11.8. The van der Waals surface area contributed by atoms with E-state index in [1.807, 2.05) is 43.3 Å². The molecule has 0 spiro atoms. The van der Waals surface area contributed by atoms with Crippen molar-refractivity contribution in [2.75, 3.05) is 0 Å². The number of unbranched alkanes of at least 4 members (excludes halogenated alkanes) is 1. The molecule has 6 nitrogen and oxygen atoms in total. The van der Waals surface area contributed by atoms with Gasteiger partial charge in [0, 0.05) is 35.4 Å². The number of carbonyl (C=O) groups is 1. The second-order valence-corrected chi connectivity index (χ2v) is 8.50. The lowest BCUT2D eigenvalue weighted by Gasteiger charge is -2.17. The van der Waals surface area contributed by atoms with Crippen LogP contribution in [0.15, 0.2) is 77.4 Å². The number of fused-ring (bicyclic) bond motifs is 1. The van der Waals surface area contributed by atoms with Crippen molar-refractivity contribution in [2.24, 2.45) is 5.92 Å². The number of nitro benzene ring substituents is 1. The van der Waals surface area contributed by atoms with E-state index in [0.29, 0.717) is 46.7 Å². The predicted octanol–water partition coefficient (Wildman–Crippen LogP) is 7.32. The molecule has 1 unspecified atom stereocenters. The standard InChI is InChI=1S/C28H27NO5/c1-4-5-6-26-27(24-17-22(29(31)32)13-16-25(24)34-26)28(30)21-11-14-23(15-12-21)33-19(3)20-9-7-18(2)8-10-20/h7-11,13-17,21H,3-6,12H2,1-2H3. The molecular formula is C28H27NO5. The van der Waals surface area contributed by atoms with Gasteiger partial charge in [-0.05, 0) is 38.0 Å². The summed E-state index contributed by atoms with van der Waals surface area (Å²) in [4.78, 5) is 24.4. The monoisotopic (exact) mass is 457 g/mol. The van der Waals surface area contributed by atoms with Gasteiger partial charge in [-0.1, -0.05) is 55.8 Å². The first-order chi connectivity index (χ1) is 16.4. The molecule has 0 aliphatic heterocycles. The number of nitro groups is 1. The van der Waals surface area contributed by atoms with Crippen molar-refractivity contribution in [1.82, 2.24) is 0 Å². The van der Waals surface area contributed by atoms with Gasteiger partial charge < -0.3 is 9.15 Å². The lowest BCUT2D eigenvalue weighted by atomic mass is 9.89. The largest absolute Gasteiger partial charge is 0.460 e. The van der Waals surface area contributed by atoms with Crippen molar-refractivity contribution < 1.29 is 18.9 Å². The van der Waals surface area contributed by atoms with Crippen LogP contribution in [0.25, 0.3) is 16.7 Å². The van der Waals surface area contributed by atoms with Gasteiger partial charge in [0.15, 0.2) is 5.78 Å². The minimum absolute atomic E-state index is 0.0613. The normalized spacial score (nSPS) is 15.2. The SMILES string of the molecule is C=C(OC1=CCC(C(=O)c2c(CCCC)oc3ccc([N+](=O)[O-])cc23)C=C1)c1ccc(C)cc1. The molecule has 1 heterocycles. The molecule has 1 aromatic heterocycles. The first-order valence-electron chi connectivity index (χ1n) is 11.4. The van der Waals surface area contributed by atoms with E-state index in [0.717, 1.165) is 24.0 Å². The number of allylic oxidation sites excluding steroid dienone is 3. The number of furan rings is 1. The number of aryl methyl sites for hydroxylation is 2. The molecule has 34 heavy (non-hydrogen) atoms. The van der Waals surface area contributed by atoms with Gasteiger partial charge >= 0.3 is 0 Å². The van der Waals surface area contributed by atoms with Crippen LogP contribution < -0.4 is 0 Å². The van der Waals surface area contributed by atoms with E-state index in [1.54, 1.807) is 12.1 Å². The van der Waals surface area contributed by atoms with Gasteiger partial charge in [-0.25, -0.2) is 0 Å². The van der Waals surface area contributed by atoms with Crippen molar-refractivity contribution in [1.29, 1.82) is 0 Å². The van der Waals surface area contributed by atoms with Gasteiger partial charge in [0.1, 0.15) is 22.9 Å². The van der Waals surface area contributed by atoms with Crippen LogP contribution in [0.4, 0.5) is 5.69 Å². The van der Waals surface area contributed by atoms with Gasteiger partial charge in [-0.3, -0.25) is 14.9 Å². The Morgan fingerprint density at radius 1 is 1.24 bits per heavy atom. The van der Waals surface area contributed by atoms with Gasteiger partial charge in [0.2, 0.25) is 0 Å². The third-order valence-corrected chi connectivity index (χ3v) is 5.98. The summed E-state index contributed by atoms with van der Waals surface area (Å²) in [6, 6.07) is 12.3. The summed E-state index contributed by atoms with van der Waals surface area (Å²) in [7, 11) is 0. The molecule has 0 fully saturated rings. The summed E-state index contributed by atoms with van der Waals surface area (Å²) < 4.78 is 11.9. The number of ether oxygens (including phenoxy) is 1. The van der Waals surface area contributed by atoms with E-state index in [9.17, 15) is 14.9 Å². The zero-order chi connectivity index (χ0) is 24.2. The summed E-state index contributed by atoms with van der Waals surface area (Å²) in [5.74, 6) is 1.26. The molecule has 1 atom stereocenters. The molecule has 0 N–H and O–H groups in total. The van der Waals surface area contributed by atoms with E-state index >= 15 is 0 Å². The van der Waals surface area contributed by atoms with Gasteiger partial charge in [-0.2, -0.15) is 0 Å². The minimum atomic E-state index is -0.458. The molecule has 6 heteroatoms. The lowest BCUT2D eigenvalue weighted by Crippen LogP contribution is -2.15. The summed E-state index contributed by atoms with van der Waals surface area (Å²) in [6.07, 6.45) is 8.35. The number of non-ortho nitro benzene ring substituents is 1. The van der Waals surface area contributed by atoms with Crippen LogP contribution in [-0.2, 0) is 11.2 Å². The quantitative estimate of drug-likeness (QED) is 0.145. The van der Waals surface area contributed by atoms with Gasteiger partial charge in [-0.15, -0.1) is 0 Å². The molecule has 1 aliphatic rings. The summed E-state index contributed by atoms with van der Waals surface area (Å²) in [5.41, 5.74) is 2.93. The Morgan fingerprint density at radius 3 is 2.65 bits per heavy atom. The molecule has 0 bridgehead atoms. The third kappa shape index (κ3) is 4.86. The van der Waals surface area contributed by atoms with E-state index < -0.39 is 10.8 Å². The molecule has 2 aromatic carbocycles. The fourth-order valence-electron chi connectivity index (χ4n) is 4.03. The molecule has 0 saturated carbocycles.